The van der Waals surface area contributed by atoms with Crippen LogP contribution in [0.25, 0.3) is 10.9 Å². The molecule has 0 bridgehead atoms. The lowest BCUT2D eigenvalue weighted by Gasteiger charge is -2.16. The molecular weight excluding hydrogens is 412 g/mol. The van der Waals surface area contributed by atoms with Crippen molar-refractivity contribution < 1.29 is 4.79 Å². The molecule has 1 amide bonds. The number of aryl methyl sites for hydroxylation is 1. The fourth-order valence-corrected chi connectivity index (χ4v) is 4.28. The molecule has 4 rings (SSSR count). The van der Waals surface area contributed by atoms with Crippen LogP contribution in [0.4, 0.5) is 0 Å². The Bertz CT molecular complexity index is 1050. The van der Waals surface area contributed by atoms with E-state index >= 15 is 0 Å². The molecule has 1 unspecified atom stereocenters. The molecule has 0 saturated carbocycles. The van der Waals surface area contributed by atoms with Gasteiger partial charge in [0.25, 0.3) is 5.91 Å². The summed E-state index contributed by atoms with van der Waals surface area (Å²) in [6, 6.07) is 12.4. The van der Waals surface area contributed by atoms with Gasteiger partial charge in [0.2, 0.25) is 0 Å². The molecule has 0 aliphatic rings. The van der Waals surface area contributed by atoms with Gasteiger partial charge in [-0.2, -0.15) is 5.10 Å². The predicted molar refractivity (Wildman–Crippen MR) is 108 cm³/mol. The number of aromatic amines is 2. The highest BCUT2D eigenvalue weighted by atomic mass is 79.9. The second kappa shape index (κ2) is 7.09. The number of nitrogens with zero attached hydrogens (tertiary/aromatic N) is 1. The summed E-state index contributed by atoms with van der Waals surface area (Å²) in [5, 5.41) is 13.2. The van der Waals surface area contributed by atoms with Gasteiger partial charge in [-0.3, -0.25) is 9.89 Å². The standard InChI is InChI=1S/C19H17BrN4OS/c1-11-17(20)18(24-23-11)19(25)22-10-14(16-7-4-8-26-16)13-9-21-15-6-3-2-5-12(13)15/h2-9,14,21H,10H2,1H3,(H,22,25)(H,23,24). The molecule has 0 saturated heterocycles. The van der Waals surface area contributed by atoms with E-state index in [-0.39, 0.29) is 11.8 Å². The number of carbonyl (C=O) groups is 1. The first kappa shape index (κ1) is 17.1. The van der Waals surface area contributed by atoms with Gasteiger partial charge >= 0.3 is 0 Å². The van der Waals surface area contributed by atoms with Crippen LogP contribution < -0.4 is 5.32 Å². The summed E-state index contributed by atoms with van der Waals surface area (Å²) in [7, 11) is 0. The van der Waals surface area contributed by atoms with Crippen molar-refractivity contribution in [1.29, 1.82) is 0 Å². The van der Waals surface area contributed by atoms with E-state index in [4.69, 9.17) is 0 Å². The van der Waals surface area contributed by atoms with Crippen molar-refractivity contribution >= 4 is 44.1 Å². The number of halogens is 1. The first-order valence-electron chi connectivity index (χ1n) is 8.23. The average molecular weight is 429 g/mol. The van der Waals surface area contributed by atoms with E-state index in [9.17, 15) is 4.79 Å². The van der Waals surface area contributed by atoms with E-state index in [1.54, 1.807) is 11.3 Å². The fourth-order valence-electron chi connectivity index (χ4n) is 3.08. The normalized spacial score (nSPS) is 12.4. The molecule has 26 heavy (non-hydrogen) atoms. The summed E-state index contributed by atoms with van der Waals surface area (Å²) < 4.78 is 0.703. The van der Waals surface area contributed by atoms with Crippen LogP contribution in [0.3, 0.4) is 0 Å². The SMILES string of the molecule is Cc1[nH]nc(C(=O)NCC(c2cccs2)c2c[nH]c3ccccc23)c1Br. The summed E-state index contributed by atoms with van der Waals surface area (Å²) in [6.45, 7) is 2.37. The third-order valence-electron chi connectivity index (χ3n) is 4.44. The number of fused-ring (bicyclic) bond motifs is 1. The second-order valence-electron chi connectivity index (χ2n) is 6.08. The van der Waals surface area contributed by atoms with Gasteiger partial charge in [-0.15, -0.1) is 11.3 Å². The van der Waals surface area contributed by atoms with Gasteiger partial charge in [-0.05, 0) is 45.9 Å². The number of thiophene rings is 1. The van der Waals surface area contributed by atoms with Gasteiger partial charge in [-0.25, -0.2) is 0 Å². The molecule has 1 aromatic carbocycles. The number of nitrogens with one attached hydrogen (secondary N) is 3. The molecule has 3 N–H and O–H groups in total. The smallest absolute Gasteiger partial charge is 0.272 e. The Morgan fingerprint density at radius 1 is 1.31 bits per heavy atom. The Morgan fingerprint density at radius 2 is 2.15 bits per heavy atom. The predicted octanol–water partition coefficient (Wildman–Crippen LogP) is 4.59. The average Bonchev–Trinajstić information content (AvgIpc) is 3.38. The van der Waals surface area contributed by atoms with Crippen LogP contribution >= 0.6 is 27.3 Å². The number of para-hydroxylation sites is 1. The molecule has 132 valence electrons. The molecule has 4 aromatic rings. The van der Waals surface area contributed by atoms with E-state index in [1.165, 1.54) is 15.8 Å². The maximum Gasteiger partial charge on any atom is 0.272 e. The van der Waals surface area contributed by atoms with Gasteiger partial charge in [0.1, 0.15) is 0 Å². The summed E-state index contributed by atoms with van der Waals surface area (Å²) in [5.74, 6) is -0.114. The van der Waals surface area contributed by atoms with Crippen LogP contribution in [0.2, 0.25) is 0 Å². The highest BCUT2D eigenvalue weighted by Gasteiger charge is 2.22. The fraction of sp³-hybridized carbons (Fsp3) is 0.158. The molecule has 1 atom stereocenters. The summed E-state index contributed by atoms with van der Waals surface area (Å²) >= 11 is 5.11. The van der Waals surface area contributed by atoms with Crippen LogP contribution in [0.5, 0.6) is 0 Å². The molecule has 5 nitrogen and oxygen atoms in total. The number of carbonyl (C=O) groups excluding carboxylic acids is 1. The third-order valence-corrected chi connectivity index (χ3v) is 6.39. The minimum atomic E-state index is -0.192. The molecule has 0 radical (unpaired) electrons. The van der Waals surface area contributed by atoms with Crippen molar-refractivity contribution in [1.82, 2.24) is 20.5 Å². The Kier molecular flexibility index (Phi) is 4.65. The number of hydrogen-bond donors (Lipinski definition) is 3. The first-order chi connectivity index (χ1) is 12.6. The minimum absolute atomic E-state index is 0.0777. The quantitative estimate of drug-likeness (QED) is 0.434. The third kappa shape index (κ3) is 3.08. The molecule has 0 aliphatic heterocycles. The zero-order valence-corrected chi connectivity index (χ0v) is 16.4. The number of H-pyrrole nitrogens is 2. The monoisotopic (exact) mass is 428 g/mol. The summed E-state index contributed by atoms with van der Waals surface area (Å²) in [4.78, 5) is 17.1. The van der Waals surface area contributed by atoms with Gasteiger partial charge in [-0.1, -0.05) is 24.3 Å². The van der Waals surface area contributed by atoms with Crippen molar-refractivity contribution in [3.63, 3.8) is 0 Å². The highest BCUT2D eigenvalue weighted by molar-refractivity contribution is 9.10. The first-order valence-corrected chi connectivity index (χ1v) is 9.90. The zero-order valence-electron chi connectivity index (χ0n) is 14.0. The Hall–Kier alpha value is -2.38. The van der Waals surface area contributed by atoms with Crippen molar-refractivity contribution in [2.45, 2.75) is 12.8 Å². The largest absolute Gasteiger partial charge is 0.361 e. The molecule has 3 heterocycles. The Labute approximate surface area is 163 Å². The highest BCUT2D eigenvalue weighted by Crippen LogP contribution is 2.33. The van der Waals surface area contributed by atoms with Crippen LogP contribution in [-0.4, -0.2) is 27.6 Å². The van der Waals surface area contributed by atoms with E-state index in [1.807, 2.05) is 31.3 Å². The van der Waals surface area contributed by atoms with E-state index in [0.717, 1.165) is 11.2 Å². The molecular formula is C19H17BrN4OS. The number of rotatable bonds is 5. The lowest BCUT2D eigenvalue weighted by Crippen LogP contribution is -2.29. The van der Waals surface area contributed by atoms with Gasteiger partial charge < -0.3 is 10.3 Å². The van der Waals surface area contributed by atoms with Gasteiger partial charge in [0.15, 0.2) is 5.69 Å². The zero-order chi connectivity index (χ0) is 18.1. The van der Waals surface area contributed by atoms with Gasteiger partial charge in [0, 0.05) is 40.1 Å². The summed E-state index contributed by atoms with van der Waals surface area (Å²) in [5.41, 5.74) is 3.50. The van der Waals surface area contributed by atoms with E-state index in [2.05, 4.69) is 60.0 Å². The Morgan fingerprint density at radius 3 is 2.88 bits per heavy atom. The maximum atomic E-state index is 12.6. The number of amides is 1. The molecule has 7 heteroatoms. The number of hydrogen-bond acceptors (Lipinski definition) is 3. The van der Waals surface area contributed by atoms with E-state index < -0.39 is 0 Å². The van der Waals surface area contributed by atoms with Crippen LogP contribution in [0.15, 0.2) is 52.4 Å². The van der Waals surface area contributed by atoms with Gasteiger partial charge in [0.05, 0.1) is 4.47 Å². The lowest BCUT2D eigenvalue weighted by molar-refractivity contribution is 0.0947. The van der Waals surface area contributed by atoms with Crippen molar-refractivity contribution in [3.8, 4) is 0 Å². The number of benzene rings is 1. The molecule has 0 fully saturated rings. The van der Waals surface area contributed by atoms with Crippen LogP contribution in [0, 0.1) is 6.92 Å². The van der Waals surface area contributed by atoms with Crippen molar-refractivity contribution in [2.24, 2.45) is 0 Å². The number of aromatic nitrogens is 3. The van der Waals surface area contributed by atoms with E-state index in [0.29, 0.717) is 16.7 Å². The minimum Gasteiger partial charge on any atom is -0.361 e. The van der Waals surface area contributed by atoms with Crippen molar-refractivity contribution in [2.75, 3.05) is 6.54 Å². The van der Waals surface area contributed by atoms with Crippen LogP contribution in [-0.2, 0) is 0 Å². The second-order valence-corrected chi connectivity index (χ2v) is 7.85. The maximum absolute atomic E-state index is 12.6. The topological polar surface area (TPSA) is 73.6 Å². The molecule has 3 aromatic heterocycles. The van der Waals surface area contributed by atoms with Crippen molar-refractivity contribution in [3.05, 3.63) is 74.3 Å². The Balaban J connectivity index is 1.63. The molecule has 0 spiro atoms. The molecule has 0 aliphatic carbocycles. The lowest BCUT2D eigenvalue weighted by atomic mass is 9.96. The summed E-state index contributed by atoms with van der Waals surface area (Å²) in [6.07, 6.45) is 2.04. The van der Waals surface area contributed by atoms with Crippen LogP contribution in [0.1, 0.15) is 32.5 Å².